The van der Waals surface area contributed by atoms with E-state index in [-0.39, 0.29) is 0 Å². The second-order valence-electron chi connectivity index (χ2n) is 3.56. The van der Waals surface area contributed by atoms with Crippen LogP contribution in [0, 0.1) is 6.92 Å². The lowest BCUT2D eigenvalue weighted by Crippen LogP contribution is -1.98. The van der Waals surface area contributed by atoms with Crippen molar-refractivity contribution in [2.24, 2.45) is 0 Å². The predicted molar refractivity (Wildman–Crippen MR) is 76.0 cm³/mol. The number of rotatable bonds is 3. The highest BCUT2D eigenvalue weighted by Gasteiger charge is 2.08. The third-order valence-electron chi connectivity index (χ3n) is 2.23. The van der Waals surface area contributed by atoms with Crippen molar-refractivity contribution in [3.63, 3.8) is 0 Å². The maximum absolute atomic E-state index is 5.90. The Hall–Kier alpha value is -1.25. The minimum atomic E-state index is 0.547. The van der Waals surface area contributed by atoms with Crippen molar-refractivity contribution in [1.29, 1.82) is 0 Å². The number of thiophene rings is 1. The number of nitrogens with zero attached hydrogens (tertiary/aromatic N) is 4. The first kappa shape index (κ1) is 11.8. The third kappa shape index (κ3) is 2.31. The smallest absolute Gasteiger partial charge is 0.170 e. The molecule has 0 bridgehead atoms. The lowest BCUT2D eigenvalue weighted by Gasteiger charge is -2.00. The van der Waals surface area contributed by atoms with Gasteiger partial charge in [0.2, 0.25) is 0 Å². The maximum atomic E-state index is 5.90. The average Bonchev–Trinajstić information content (AvgIpc) is 2.95. The molecule has 3 heterocycles. The van der Waals surface area contributed by atoms with E-state index < -0.39 is 0 Å². The predicted octanol–water partition coefficient (Wildman–Crippen LogP) is 2.73. The number of fused-ring (bicyclic) bond motifs is 1. The zero-order valence-corrected chi connectivity index (χ0v) is 11.9. The minimum Gasteiger partial charge on any atom is -0.383 e. The molecule has 92 valence electrons. The third-order valence-corrected chi connectivity index (χ3v) is 4.96. The number of nitrogen functional groups attached to an aromatic ring is 1. The molecule has 0 aliphatic rings. The van der Waals surface area contributed by atoms with Crippen LogP contribution in [-0.2, 0) is 5.75 Å². The molecule has 0 aromatic carbocycles. The molecule has 0 unspecified atom stereocenters. The molecule has 5 nitrogen and oxygen atoms in total. The Morgan fingerprint density at radius 2 is 2.22 bits per heavy atom. The summed E-state index contributed by atoms with van der Waals surface area (Å²) in [5.74, 6) is 2.74. The van der Waals surface area contributed by atoms with Crippen LogP contribution in [0.3, 0.4) is 0 Å². The topological polar surface area (TPSA) is 77.6 Å². The quantitative estimate of drug-likeness (QED) is 0.749. The highest BCUT2D eigenvalue weighted by atomic mass is 32.2. The fraction of sp³-hybridized carbons (Fsp3) is 0.200. The van der Waals surface area contributed by atoms with Gasteiger partial charge in [-0.05, 0) is 29.9 Å². The molecule has 0 saturated heterocycles. The van der Waals surface area contributed by atoms with E-state index in [4.69, 9.17) is 5.73 Å². The number of thioether (sulfide) groups is 1. The van der Waals surface area contributed by atoms with Crippen LogP contribution >= 0.6 is 34.6 Å². The molecule has 2 N–H and O–H groups in total. The van der Waals surface area contributed by atoms with Gasteiger partial charge in [-0.3, -0.25) is 0 Å². The van der Waals surface area contributed by atoms with Gasteiger partial charge in [-0.25, -0.2) is 15.0 Å². The van der Waals surface area contributed by atoms with E-state index in [1.54, 1.807) is 23.1 Å². The fourth-order valence-electron chi connectivity index (χ4n) is 1.45. The van der Waals surface area contributed by atoms with Crippen molar-refractivity contribution in [1.82, 2.24) is 19.3 Å². The molecule has 8 heteroatoms. The average molecular weight is 295 g/mol. The van der Waals surface area contributed by atoms with Gasteiger partial charge in [0.1, 0.15) is 22.3 Å². The van der Waals surface area contributed by atoms with E-state index in [1.165, 1.54) is 11.5 Å². The monoisotopic (exact) mass is 295 g/mol. The van der Waals surface area contributed by atoms with Crippen molar-refractivity contribution >= 4 is 50.7 Å². The zero-order chi connectivity index (χ0) is 12.5. The van der Waals surface area contributed by atoms with Gasteiger partial charge in [0.25, 0.3) is 0 Å². The van der Waals surface area contributed by atoms with Crippen molar-refractivity contribution in [2.45, 2.75) is 17.0 Å². The van der Waals surface area contributed by atoms with Crippen LogP contribution in [0.5, 0.6) is 0 Å². The lowest BCUT2D eigenvalue weighted by molar-refractivity contribution is 1.07. The summed E-state index contributed by atoms with van der Waals surface area (Å²) >= 11 is 4.55. The molecular formula is C10H9N5S3. The molecule has 0 aliphatic heterocycles. The molecule has 0 radical (unpaired) electrons. The second-order valence-corrected chi connectivity index (χ2v) is 6.43. The first-order valence-corrected chi connectivity index (χ1v) is 7.79. The van der Waals surface area contributed by atoms with Crippen LogP contribution in [0.25, 0.3) is 10.2 Å². The van der Waals surface area contributed by atoms with Crippen LogP contribution in [0.1, 0.15) is 11.6 Å². The Morgan fingerprint density at radius 1 is 1.33 bits per heavy atom. The number of hydrogen-bond acceptors (Lipinski definition) is 8. The number of hydrogen-bond donors (Lipinski definition) is 1. The molecule has 18 heavy (non-hydrogen) atoms. The second kappa shape index (κ2) is 4.79. The Bertz CT molecular complexity index is 690. The number of aromatic nitrogens is 4. The van der Waals surface area contributed by atoms with Gasteiger partial charge in [-0.2, -0.15) is 4.37 Å². The van der Waals surface area contributed by atoms with E-state index in [9.17, 15) is 0 Å². The molecule has 3 aromatic heterocycles. The van der Waals surface area contributed by atoms with Gasteiger partial charge in [-0.15, -0.1) is 11.3 Å². The summed E-state index contributed by atoms with van der Waals surface area (Å²) in [5.41, 5.74) is 5.90. The van der Waals surface area contributed by atoms with E-state index in [0.717, 1.165) is 26.2 Å². The molecule has 0 fully saturated rings. The van der Waals surface area contributed by atoms with Gasteiger partial charge in [0.05, 0.1) is 11.1 Å². The first-order chi connectivity index (χ1) is 8.72. The number of nitrogens with two attached hydrogens (primary N) is 1. The minimum absolute atomic E-state index is 0.547. The van der Waals surface area contributed by atoms with E-state index in [2.05, 4.69) is 19.3 Å². The summed E-state index contributed by atoms with van der Waals surface area (Å²) in [6.45, 7) is 1.88. The summed E-state index contributed by atoms with van der Waals surface area (Å²) in [4.78, 5) is 14.0. The van der Waals surface area contributed by atoms with E-state index in [0.29, 0.717) is 11.6 Å². The molecule has 0 amide bonds. The molecule has 0 aliphatic carbocycles. The molecule has 3 aromatic rings. The van der Waals surface area contributed by atoms with E-state index in [1.807, 2.05) is 18.4 Å². The van der Waals surface area contributed by atoms with Crippen molar-refractivity contribution in [3.05, 3.63) is 23.1 Å². The summed E-state index contributed by atoms with van der Waals surface area (Å²) in [7, 11) is 0. The van der Waals surface area contributed by atoms with Crippen LogP contribution in [0.2, 0.25) is 0 Å². The molecule has 3 rings (SSSR count). The lowest BCUT2D eigenvalue weighted by atomic mass is 10.4. The summed E-state index contributed by atoms with van der Waals surface area (Å²) in [6, 6.07) is 1.94. The Morgan fingerprint density at radius 3 is 3.00 bits per heavy atom. The van der Waals surface area contributed by atoms with Crippen LogP contribution in [0.15, 0.2) is 15.8 Å². The fourth-order valence-corrected chi connectivity index (χ4v) is 3.74. The Labute approximate surface area is 116 Å². The van der Waals surface area contributed by atoms with Crippen LogP contribution in [-0.4, -0.2) is 19.3 Å². The van der Waals surface area contributed by atoms with Gasteiger partial charge in [-0.1, -0.05) is 11.8 Å². The van der Waals surface area contributed by atoms with Gasteiger partial charge in [0, 0.05) is 0 Å². The van der Waals surface area contributed by atoms with Crippen LogP contribution in [0.4, 0.5) is 5.82 Å². The van der Waals surface area contributed by atoms with Crippen LogP contribution < -0.4 is 5.73 Å². The van der Waals surface area contributed by atoms with Crippen molar-refractivity contribution < 1.29 is 0 Å². The Balaban J connectivity index is 1.82. The van der Waals surface area contributed by atoms with E-state index >= 15 is 0 Å². The largest absolute Gasteiger partial charge is 0.383 e. The highest BCUT2D eigenvalue weighted by Crippen LogP contribution is 2.27. The number of anilines is 1. The summed E-state index contributed by atoms with van der Waals surface area (Å²) < 4.78 is 5.07. The molecule has 0 spiro atoms. The SMILES string of the molecule is Cc1nsc(SCc2nc(N)c3ccsc3n2)n1. The van der Waals surface area contributed by atoms with Crippen molar-refractivity contribution in [3.8, 4) is 0 Å². The summed E-state index contributed by atoms with van der Waals surface area (Å²) in [5, 5.41) is 2.90. The Kier molecular flexibility index (Phi) is 3.14. The van der Waals surface area contributed by atoms with Crippen molar-refractivity contribution in [2.75, 3.05) is 5.73 Å². The van der Waals surface area contributed by atoms with Gasteiger partial charge >= 0.3 is 0 Å². The summed E-state index contributed by atoms with van der Waals surface area (Å²) in [6.07, 6.45) is 0. The maximum Gasteiger partial charge on any atom is 0.170 e. The first-order valence-electron chi connectivity index (χ1n) is 5.15. The van der Waals surface area contributed by atoms with Gasteiger partial charge < -0.3 is 5.73 Å². The molecule has 0 saturated carbocycles. The zero-order valence-electron chi connectivity index (χ0n) is 9.45. The number of aryl methyl sites for hydroxylation is 1. The molecular weight excluding hydrogens is 286 g/mol. The normalized spacial score (nSPS) is 11.2. The highest BCUT2D eigenvalue weighted by molar-refractivity contribution is 8.00. The van der Waals surface area contributed by atoms with Gasteiger partial charge in [0.15, 0.2) is 4.34 Å². The molecule has 0 atom stereocenters. The standard InChI is InChI=1S/C10H9N5S3/c1-5-12-10(18-15-5)17-4-7-13-8(11)6-2-3-16-9(6)14-7/h2-3H,4H2,1H3,(H2,11,13,14).